The molecule has 2 heterocycles. The van der Waals surface area contributed by atoms with Gasteiger partial charge in [-0.15, -0.1) is 0 Å². The fourth-order valence-corrected chi connectivity index (χ4v) is 3.09. The van der Waals surface area contributed by atoms with Crippen LogP contribution in [0.2, 0.25) is 0 Å². The molecule has 27 heavy (non-hydrogen) atoms. The summed E-state index contributed by atoms with van der Waals surface area (Å²) in [5.41, 5.74) is 0.734. The molecule has 3 rings (SSSR count). The van der Waals surface area contributed by atoms with Crippen LogP contribution in [0.4, 0.5) is 0 Å². The Labute approximate surface area is 155 Å². The molecule has 3 N–H and O–H groups in total. The zero-order chi connectivity index (χ0) is 19.6. The van der Waals surface area contributed by atoms with Crippen molar-refractivity contribution < 1.29 is 4.79 Å². The van der Waals surface area contributed by atoms with Gasteiger partial charge in [-0.1, -0.05) is 44.2 Å². The molecular formula is C20H22N4O3. The first-order chi connectivity index (χ1) is 12.7. The van der Waals surface area contributed by atoms with Gasteiger partial charge in [0.25, 0.3) is 11.5 Å². The van der Waals surface area contributed by atoms with Crippen LogP contribution >= 0.6 is 0 Å². The number of amides is 1. The third-order valence-corrected chi connectivity index (χ3v) is 4.39. The van der Waals surface area contributed by atoms with Crippen molar-refractivity contribution in [3.63, 3.8) is 0 Å². The average Bonchev–Trinajstić information content (AvgIpc) is 2.59. The number of nitrogens with zero attached hydrogens (tertiary/aromatic N) is 1. The molecule has 3 aromatic rings. The van der Waals surface area contributed by atoms with Crippen LogP contribution in [0.1, 0.15) is 35.5 Å². The number of aromatic nitrogens is 3. The fourth-order valence-electron chi connectivity index (χ4n) is 3.09. The van der Waals surface area contributed by atoms with Crippen LogP contribution in [0.15, 0.2) is 46.0 Å². The Bertz CT molecular complexity index is 1100. The molecule has 0 aliphatic rings. The fraction of sp³-hybridized carbons (Fsp3) is 0.300. The van der Waals surface area contributed by atoms with Crippen molar-refractivity contribution in [1.82, 2.24) is 20.3 Å². The summed E-state index contributed by atoms with van der Waals surface area (Å²) in [6.07, 6.45) is 0.820. The predicted molar refractivity (Wildman–Crippen MR) is 104 cm³/mol. The first-order valence-corrected chi connectivity index (χ1v) is 8.71. The molecule has 0 saturated carbocycles. The van der Waals surface area contributed by atoms with Crippen LogP contribution in [0.3, 0.4) is 0 Å². The Balaban J connectivity index is 1.78. The molecule has 0 aliphatic carbocycles. The number of H-pyrrole nitrogens is 2. The number of carbonyl (C=O) groups is 1. The monoisotopic (exact) mass is 366 g/mol. The van der Waals surface area contributed by atoms with Gasteiger partial charge >= 0.3 is 5.69 Å². The number of hydrogen-bond donors (Lipinski definition) is 3. The van der Waals surface area contributed by atoms with E-state index in [1.54, 1.807) is 13.0 Å². The summed E-state index contributed by atoms with van der Waals surface area (Å²) >= 11 is 0. The van der Waals surface area contributed by atoms with Crippen LogP contribution in [-0.4, -0.2) is 27.4 Å². The molecule has 0 radical (unpaired) electrons. The molecule has 1 amide bonds. The van der Waals surface area contributed by atoms with Gasteiger partial charge in [0.15, 0.2) is 0 Å². The quantitative estimate of drug-likeness (QED) is 0.641. The van der Waals surface area contributed by atoms with E-state index in [-0.39, 0.29) is 28.0 Å². The summed E-state index contributed by atoms with van der Waals surface area (Å²) in [6.45, 7) is 6.33. The Morgan fingerprint density at radius 2 is 1.85 bits per heavy atom. The minimum atomic E-state index is -0.652. The van der Waals surface area contributed by atoms with Gasteiger partial charge in [0.1, 0.15) is 11.3 Å². The van der Waals surface area contributed by atoms with Gasteiger partial charge in [0.2, 0.25) is 0 Å². The average molecular weight is 366 g/mol. The van der Waals surface area contributed by atoms with Crippen LogP contribution < -0.4 is 16.6 Å². The highest BCUT2D eigenvalue weighted by Crippen LogP contribution is 2.21. The molecule has 0 aliphatic heterocycles. The topological polar surface area (TPSA) is 108 Å². The van der Waals surface area contributed by atoms with Crippen molar-refractivity contribution in [3.05, 3.63) is 74.1 Å². The van der Waals surface area contributed by atoms with E-state index in [9.17, 15) is 14.4 Å². The molecule has 0 unspecified atom stereocenters. The van der Waals surface area contributed by atoms with Gasteiger partial charge in [-0.25, -0.2) is 9.78 Å². The number of benzene rings is 1. The Hall–Kier alpha value is -3.22. The van der Waals surface area contributed by atoms with Crippen molar-refractivity contribution in [3.8, 4) is 0 Å². The van der Waals surface area contributed by atoms with Gasteiger partial charge in [-0.05, 0) is 36.0 Å². The molecule has 0 bridgehead atoms. The SMILES string of the molecule is Cc1cc(C(=O)NCC(C)(C)Cc2ccccc2)nc2[nH]c(=O)[nH]c(=O)c12. The number of pyridine rings is 1. The maximum Gasteiger partial charge on any atom is 0.327 e. The number of rotatable bonds is 5. The summed E-state index contributed by atoms with van der Waals surface area (Å²) in [5.74, 6) is -0.345. The van der Waals surface area contributed by atoms with Gasteiger partial charge in [0, 0.05) is 6.54 Å². The zero-order valence-electron chi connectivity index (χ0n) is 15.6. The highest BCUT2D eigenvalue weighted by molar-refractivity contribution is 5.95. The summed E-state index contributed by atoms with van der Waals surface area (Å²) in [5, 5.41) is 3.17. The molecule has 2 aromatic heterocycles. The van der Waals surface area contributed by atoms with Crippen LogP contribution in [-0.2, 0) is 6.42 Å². The van der Waals surface area contributed by atoms with E-state index >= 15 is 0 Å². The Kier molecular flexibility index (Phi) is 4.94. The molecule has 0 saturated heterocycles. The Morgan fingerprint density at radius 3 is 2.56 bits per heavy atom. The van der Waals surface area contributed by atoms with E-state index in [4.69, 9.17) is 0 Å². The molecule has 0 fully saturated rings. The predicted octanol–water partition coefficient (Wildman–Crippen LogP) is 1.92. The second kappa shape index (κ2) is 7.19. The number of aryl methyl sites for hydroxylation is 1. The third-order valence-electron chi connectivity index (χ3n) is 4.39. The Morgan fingerprint density at radius 1 is 1.15 bits per heavy atom. The van der Waals surface area contributed by atoms with Gasteiger partial charge in [-0.2, -0.15) is 0 Å². The van der Waals surface area contributed by atoms with Crippen molar-refractivity contribution in [2.75, 3.05) is 6.54 Å². The number of nitrogens with one attached hydrogen (secondary N) is 3. The molecule has 7 heteroatoms. The largest absolute Gasteiger partial charge is 0.350 e. The van der Waals surface area contributed by atoms with Crippen molar-refractivity contribution in [2.45, 2.75) is 27.2 Å². The lowest BCUT2D eigenvalue weighted by Gasteiger charge is -2.25. The third kappa shape index (κ3) is 4.31. The van der Waals surface area contributed by atoms with E-state index in [1.807, 2.05) is 18.2 Å². The van der Waals surface area contributed by atoms with Crippen LogP contribution in [0.25, 0.3) is 11.0 Å². The second-order valence-electron chi connectivity index (χ2n) is 7.47. The first-order valence-electron chi connectivity index (χ1n) is 8.71. The molecule has 0 spiro atoms. The molecule has 1 aromatic carbocycles. The molecule has 7 nitrogen and oxygen atoms in total. The minimum absolute atomic E-state index is 0.109. The first kappa shape index (κ1) is 18.6. The van der Waals surface area contributed by atoms with Gasteiger partial charge in [-0.3, -0.25) is 19.6 Å². The standard InChI is InChI=1S/C20H22N4O3/c1-12-9-14(22-16-15(12)18(26)24-19(27)23-16)17(25)21-11-20(2,3)10-13-7-5-4-6-8-13/h4-9H,10-11H2,1-3H3,(H,21,25)(H2,22,23,24,26,27). The van der Waals surface area contributed by atoms with Crippen molar-refractivity contribution in [1.29, 1.82) is 0 Å². The van der Waals surface area contributed by atoms with Gasteiger partial charge in [0.05, 0.1) is 5.39 Å². The normalized spacial score (nSPS) is 11.5. The lowest BCUT2D eigenvalue weighted by Crippen LogP contribution is -2.36. The van der Waals surface area contributed by atoms with Crippen LogP contribution in [0.5, 0.6) is 0 Å². The van der Waals surface area contributed by atoms with Crippen molar-refractivity contribution >= 4 is 16.9 Å². The van der Waals surface area contributed by atoms with E-state index in [0.29, 0.717) is 12.1 Å². The lowest BCUT2D eigenvalue weighted by atomic mass is 9.85. The summed E-state index contributed by atoms with van der Waals surface area (Å²) in [6, 6.07) is 11.6. The van der Waals surface area contributed by atoms with E-state index in [0.717, 1.165) is 6.42 Å². The maximum absolute atomic E-state index is 12.6. The summed E-state index contributed by atoms with van der Waals surface area (Å²) in [7, 11) is 0. The number of aromatic amines is 2. The molecule has 140 valence electrons. The summed E-state index contributed by atoms with van der Waals surface area (Å²) < 4.78 is 0. The van der Waals surface area contributed by atoms with E-state index < -0.39 is 11.2 Å². The minimum Gasteiger partial charge on any atom is -0.350 e. The smallest absolute Gasteiger partial charge is 0.327 e. The van der Waals surface area contributed by atoms with Crippen LogP contribution in [0, 0.1) is 12.3 Å². The number of fused-ring (bicyclic) bond motifs is 1. The highest BCUT2D eigenvalue weighted by atomic mass is 16.2. The molecular weight excluding hydrogens is 344 g/mol. The van der Waals surface area contributed by atoms with E-state index in [1.165, 1.54) is 5.56 Å². The highest BCUT2D eigenvalue weighted by Gasteiger charge is 2.21. The maximum atomic E-state index is 12.6. The summed E-state index contributed by atoms with van der Waals surface area (Å²) in [4.78, 5) is 44.7. The van der Waals surface area contributed by atoms with E-state index in [2.05, 4.69) is 46.2 Å². The van der Waals surface area contributed by atoms with Gasteiger partial charge < -0.3 is 5.32 Å². The van der Waals surface area contributed by atoms with Crippen molar-refractivity contribution in [2.24, 2.45) is 5.41 Å². The number of carbonyl (C=O) groups excluding carboxylic acids is 1. The zero-order valence-corrected chi connectivity index (χ0v) is 15.6. The molecule has 0 atom stereocenters. The lowest BCUT2D eigenvalue weighted by molar-refractivity contribution is 0.0931. The second-order valence-corrected chi connectivity index (χ2v) is 7.47. The number of hydrogen-bond acceptors (Lipinski definition) is 4.